The topological polar surface area (TPSA) is 206 Å². The number of ether oxygens (including phenoxy) is 1. The summed E-state index contributed by atoms with van der Waals surface area (Å²) >= 11 is 0. The number of fused-ring (bicyclic) bond motifs is 1. The molecule has 1 aromatic carbocycles. The van der Waals surface area contributed by atoms with Crippen LogP contribution in [0.1, 0.15) is 74.9 Å². The largest absolute Gasteiger partial charge is 0.444 e. The van der Waals surface area contributed by atoms with Crippen LogP contribution in [0.15, 0.2) is 40.3 Å². The van der Waals surface area contributed by atoms with Crippen LogP contribution in [0.25, 0.3) is 11.1 Å². The first-order chi connectivity index (χ1) is 24.0. The minimum Gasteiger partial charge on any atom is -0.444 e. The molecule has 3 aliphatic heterocycles. The number of nitrogens with one attached hydrogen (secondary N) is 3. The van der Waals surface area contributed by atoms with Crippen LogP contribution < -0.4 is 21.1 Å². The molecule has 0 bridgehead atoms. The average molecular weight is 716 g/mol. The summed E-state index contributed by atoms with van der Waals surface area (Å²) in [6.45, 7) is 2.98. The summed E-state index contributed by atoms with van der Waals surface area (Å²) < 4.78 is 38.9. The van der Waals surface area contributed by atoms with Gasteiger partial charge in [-0.25, -0.2) is 22.9 Å². The number of benzene rings is 1. The van der Waals surface area contributed by atoms with Crippen molar-refractivity contribution in [2.75, 3.05) is 45.5 Å². The third-order valence-corrected chi connectivity index (χ3v) is 10.1. The van der Waals surface area contributed by atoms with E-state index in [0.717, 1.165) is 57.0 Å². The van der Waals surface area contributed by atoms with Crippen LogP contribution in [0.3, 0.4) is 0 Å². The predicted octanol–water partition coefficient (Wildman–Crippen LogP) is 1.83. The summed E-state index contributed by atoms with van der Waals surface area (Å²) in [5.41, 5.74) is 7.75. The van der Waals surface area contributed by atoms with Gasteiger partial charge < -0.3 is 35.3 Å². The number of sulfonamides is 1. The molecule has 0 unspecified atom stereocenters. The SMILES string of the molecule is CS(=O)(=O)N[C@H](CC=C1CCNCC1)C(=O)N1C[C@H](OC(=O)N2CCCCC2)C[C@H]1C(=O)N[C@@H](CCCCN)C(=O)c1nc2ccccc2o1. The average Bonchev–Trinajstić information content (AvgIpc) is 3.74. The molecule has 16 heteroatoms. The Bertz CT molecular complexity index is 1610. The third-order valence-electron chi connectivity index (χ3n) is 9.36. The zero-order valence-corrected chi connectivity index (χ0v) is 29.4. The minimum atomic E-state index is -3.82. The first-order valence-electron chi connectivity index (χ1n) is 17.5. The fourth-order valence-electron chi connectivity index (χ4n) is 6.72. The number of Topliss-reactive ketones (excluding diaryl/α,β-unsaturated/α-hetero) is 1. The number of aromatic nitrogens is 1. The van der Waals surface area contributed by atoms with Gasteiger partial charge in [-0.3, -0.25) is 14.4 Å². The van der Waals surface area contributed by atoms with Gasteiger partial charge in [0.2, 0.25) is 27.6 Å². The van der Waals surface area contributed by atoms with Gasteiger partial charge in [0.05, 0.1) is 18.8 Å². The Kier molecular flexibility index (Phi) is 13.0. The maximum atomic E-state index is 14.2. The van der Waals surface area contributed by atoms with Crippen LogP contribution in [0.2, 0.25) is 0 Å². The van der Waals surface area contributed by atoms with Gasteiger partial charge in [0.1, 0.15) is 23.7 Å². The van der Waals surface area contributed by atoms with Crippen molar-refractivity contribution in [3.05, 3.63) is 41.8 Å². The lowest BCUT2D eigenvalue weighted by Crippen LogP contribution is -2.55. The number of hydrogen-bond acceptors (Lipinski definition) is 11. The maximum absolute atomic E-state index is 14.2. The number of nitrogens with zero attached hydrogens (tertiary/aromatic N) is 3. The highest BCUT2D eigenvalue weighted by atomic mass is 32.2. The molecule has 50 heavy (non-hydrogen) atoms. The van der Waals surface area contributed by atoms with Crippen molar-refractivity contribution in [3.63, 3.8) is 0 Å². The van der Waals surface area contributed by atoms with E-state index in [9.17, 15) is 27.6 Å². The Hall–Kier alpha value is -3.86. The number of carbonyl (C=O) groups excluding carboxylic acids is 4. The summed E-state index contributed by atoms with van der Waals surface area (Å²) in [7, 11) is -3.82. The second-order valence-electron chi connectivity index (χ2n) is 13.3. The maximum Gasteiger partial charge on any atom is 0.410 e. The first-order valence-corrected chi connectivity index (χ1v) is 19.4. The van der Waals surface area contributed by atoms with Crippen molar-refractivity contribution in [1.29, 1.82) is 0 Å². The van der Waals surface area contributed by atoms with E-state index in [1.54, 1.807) is 29.2 Å². The molecule has 2 aromatic rings. The van der Waals surface area contributed by atoms with Crippen molar-refractivity contribution in [1.82, 2.24) is 30.1 Å². The number of piperidine rings is 2. The van der Waals surface area contributed by atoms with E-state index in [4.69, 9.17) is 14.9 Å². The Morgan fingerprint density at radius 1 is 1.10 bits per heavy atom. The molecule has 5 N–H and O–H groups in total. The van der Waals surface area contributed by atoms with Crippen LogP contribution in [0.5, 0.6) is 0 Å². The van der Waals surface area contributed by atoms with Crippen LogP contribution in [0, 0.1) is 0 Å². The van der Waals surface area contributed by atoms with Gasteiger partial charge in [0.25, 0.3) is 5.89 Å². The Labute approximate surface area is 292 Å². The van der Waals surface area contributed by atoms with Gasteiger partial charge in [-0.2, -0.15) is 0 Å². The molecule has 3 fully saturated rings. The first kappa shape index (κ1) is 37.4. The van der Waals surface area contributed by atoms with Gasteiger partial charge in [-0.1, -0.05) is 23.8 Å². The molecular weight excluding hydrogens is 666 g/mol. The normalized spacial score (nSPS) is 21.1. The highest BCUT2D eigenvalue weighted by molar-refractivity contribution is 7.88. The summed E-state index contributed by atoms with van der Waals surface area (Å²) in [6.07, 6.45) is 7.27. The number of unbranched alkanes of at least 4 members (excludes halogenated alkanes) is 1. The van der Waals surface area contributed by atoms with E-state index in [-0.39, 0.29) is 31.7 Å². The molecule has 4 atom stereocenters. The number of amides is 3. The summed E-state index contributed by atoms with van der Waals surface area (Å²) in [4.78, 5) is 62.3. The molecule has 0 aliphatic carbocycles. The van der Waals surface area contributed by atoms with Gasteiger partial charge in [-0.05, 0) is 89.6 Å². The lowest BCUT2D eigenvalue weighted by Gasteiger charge is -2.29. The van der Waals surface area contributed by atoms with E-state index in [0.29, 0.717) is 43.6 Å². The summed E-state index contributed by atoms with van der Waals surface area (Å²) in [5, 5.41) is 6.09. The van der Waals surface area contributed by atoms with Gasteiger partial charge in [0.15, 0.2) is 5.58 Å². The summed E-state index contributed by atoms with van der Waals surface area (Å²) in [5.74, 6) is -1.93. The molecule has 1 aromatic heterocycles. The van der Waals surface area contributed by atoms with Gasteiger partial charge in [0, 0.05) is 19.5 Å². The summed E-state index contributed by atoms with van der Waals surface area (Å²) in [6, 6.07) is 3.56. The number of para-hydroxylation sites is 2. The van der Waals surface area contributed by atoms with Crippen LogP contribution in [0.4, 0.5) is 4.79 Å². The second-order valence-corrected chi connectivity index (χ2v) is 15.1. The predicted molar refractivity (Wildman–Crippen MR) is 186 cm³/mol. The van der Waals surface area contributed by atoms with Crippen LogP contribution in [-0.4, -0.2) is 117 Å². The third kappa shape index (κ3) is 10.1. The Morgan fingerprint density at radius 2 is 1.84 bits per heavy atom. The Balaban J connectivity index is 1.39. The quantitative estimate of drug-likeness (QED) is 0.126. The number of carbonyl (C=O) groups is 4. The molecular formula is C34H49N7O8S. The van der Waals surface area contributed by atoms with Crippen molar-refractivity contribution in [2.45, 2.75) is 88.4 Å². The molecule has 0 spiro atoms. The number of oxazole rings is 1. The molecule has 3 saturated heterocycles. The molecule has 15 nitrogen and oxygen atoms in total. The molecule has 0 saturated carbocycles. The molecule has 5 rings (SSSR count). The zero-order valence-electron chi connectivity index (χ0n) is 28.6. The van der Waals surface area contributed by atoms with E-state index in [1.165, 1.54) is 4.90 Å². The fraction of sp³-hybridized carbons (Fsp3) is 0.618. The van der Waals surface area contributed by atoms with Gasteiger partial charge in [-0.15, -0.1) is 0 Å². The van der Waals surface area contributed by atoms with E-state index in [2.05, 4.69) is 20.3 Å². The van der Waals surface area contributed by atoms with E-state index in [1.807, 2.05) is 6.08 Å². The lowest BCUT2D eigenvalue weighted by molar-refractivity contribution is -0.139. The fourth-order valence-corrected chi connectivity index (χ4v) is 7.43. The highest BCUT2D eigenvalue weighted by Crippen LogP contribution is 2.26. The highest BCUT2D eigenvalue weighted by Gasteiger charge is 2.45. The standard InChI is InChI=1S/C34H49N7O8S/c1-50(46,47)39-27(13-12-23-14-17-36-18-15-23)33(44)41-22-24(48-34(45)40-19-7-2-8-20-40)21-28(41)31(43)37-26(10-5-6-16-35)30(42)32-38-25-9-3-4-11-29(25)49-32/h3-4,9,11-12,24,26-28,36,39H,2,5-8,10,13-22,35H2,1H3,(H,37,43)/t24-,26+,27-,28+/m1/s1. The number of likely N-dealkylation sites (tertiary alicyclic amines) is 2. The smallest absolute Gasteiger partial charge is 0.410 e. The van der Waals surface area contributed by atoms with E-state index < -0.39 is 57.9 Å². The molecule has 0 radical (unpaired) electrons. The van der Waals surface area contributed by atoms with Crippen molar-refractivity contribution in [3.8, 4) is 0 Å². The number of ketones is 1. The van der Waals surface area contributed by atoms with E-state index >= 15 is 0 Å². The van der Waals surface area contributed by atoms with Crippen molar-refractivity contribution >= 4 is 44.8 Å². The zero-order chi connectivity index (χ0) is 35.7. The van der Waals surface area contributed by atoms with Crippen molar-refractivity contribution in [2.24, 2.45) is 5.73 Å². The number of rotatable bonds is 14. The monoisotopic (exact) mass is 715 g/mol. The Morgan fingerprint density at radius 3 is 2.54 bits per heavy atom. The number of hydrogen-bond donors (Lipinski definition) is 4. The minimum absolute atomic E-state index is 0.0257. The molecule has 274 valence electrons. The van der Waals surface area contributed by atoms with Gasteiger partial charge >= 0.3 is 6.09 Å². The molecule has 3 aliphatic rings. The molecule has 3 amide bonds. The van der Waals surface area contributed by atoms with Crippen LogP contribution in [-0.2, 0) is 24.3 Å². The second kappa shape index (κ2) is 17.4. The van der Waals surface area contributed by atoms with Crippen molar-refractivity contribution < 1.29 is 36.7 Å². The van der Waals surface area contributed by atoms with Crippen LogP contribution >= 0.6 is 0 Å². The lowest BCUT2D eigenvalue weighted by atomic mass is 10.0. The number of nitrogens with two attached hydrogens (primary N) is 1. The molecule has 4 heterocycles.